The minimum atomic E-state index is -0.238. The van der Waals surface area contributed by atoms with Crippen LogP contribution in [0.1, 0.15) is 135 Å². The Bertz CT molecular complexity index is 281. The predicted octanol–water partition coefficient (Wildman–Crippen LogP) is 6.87. The Kier molecular flexibility index (Phi) is 22.0. The zero-order chi connectivity index (χ0) is 19.1. The normalized spacial score (nSPS) is 11.0. The molecule has 26 heavy (non-hydrogen) atoms. The van der Waals surface area contributed by atoms with Crippen LogP contribution in [0, 0.1) is 0 Å². The zero-order valence-corrected chi connectivity index (χ0v) is 17.7. The smallest absolute Gasteiger partial charge is 0.221 e. The molecule has 0 saturated carbocycles. The van der Waals surface area contributed by atoms with Crippen molar-refractivity contribution in [1.82, 2.24) is 5.32 Å². The second-order valence-electron chi connectivity index (χ2n) is 7.87. The third-order valence-electron chi connectivity index (χ3n) is 5.28. The highest BCUT2D eigenvalue weighted by atomic mass is 16.3. The van der Waals surface area contributed by atoms with Gasteiger partial charge >= 0.3 is 0 Å². The molecule has 0 atom stereocenters. The first-order chi connectivity index (χ1) is 12.8. The highest BCUT2D eigenvalue weighted by Crippen LogP contribution is 2.14. The average molecular weight is 370 g/mol. The number of carbonyl (C=O) groups is 1. The molecule has 0 aliphatic rings. The number of unbranched alkanes of at least 4 members (excludes halogenated alkanes) is 18. The Hall–Kier alpha value is -0.570. The first-order valence-electron chi connectivity index (χ1n) is 11.7. The maximum Gasteiger partial charge on any atom is 0.221 e. The molecule has 0 rings (SSSR count). The number of amides is 1. The average Bonchev–Trinajstić information content (AvgIpc) is 2.64. The summed E-state index contributed by atoms with van der Waals surface area (Å²) in [7, 11) is 0. The van der Waals surface area contributed by atoms with Crippen LogP contribution in [0.5, 0.6) is 0 Å². The lowest BCUT2D eigenvalue weighted by molar-refractivity contribution is -0.122. The number of nitrogens with one attached hydrogen (secondary N) is 1. The van der Waals surface area contributed by atoms with E-state index in [9.17, 15) is 4.79 Å². The molecule has 0 bridgehead atoms. The van der Waals surface area contributed by atoms with Gasteiger partial charge in [0, 0.05) is 6.42 Å². The summed E-state index contributed by atoms with van der Waals surface area (Å²) in [6.45, 7) is 2.05. The number of carbonyl (C=O) groups excluding carboxylic acids is 1. The molecule has 156 valence electrons. The molecule has 0 unspecified atom stereocenters. The molecule has 0 aromatic heterocycles. The standard InChI is InChI=1S/C23H47NO2/c1-2-3-4-5-6-7-8-9-10-11-12-13-14-15-16-17-18-19-20-21-23(26)24-22-25/h25H,2-22H2,1H3,(H,24,26). The van der Waals surface area contributed by atoms with Crippen LogP contribution < -0.4 is 5.32 Å². The lowest BCUT2D eigenvalue weighted by Crippen LogP contribution is -2.23. The van der Waals surface area contributed by atoms with Crippen LogP contribution in [0.25, 0.3) is 0 Å². The van der Waals surface area contributed by atoms with E-state index in [2.05, 4.69) is 12.2 Å². The van der Waals surface area contributed by atoms with E-state index < -0.39 is 0 Å². The van der Waals surface area contributed by atoms with Crippen molar-refractivity contribution in [2.45, 2.75) is 135 Å². The van der Waals surface area contributed by atoms with Gasteiger partial charge in [0.05, 0.1) is 0 Å². The van der Waals surface area contributed by atoms with Crippen molar-refractivity contribution in [2.24, 2.45) is 0 Å². The molecule has 0 aromatic carbocycles. The minimum Gasteiger partial charge on any atom is -0.377 e. The van der Waals surface area contributed by atoms with Crippen LogP contribution in [0.3, 0.4) is 0 Å². The summed E-state index contributed by atoms with van der Waals surface area (Å²) in [5.74, 6) is -0.0283. The fourth-order valence-corrected chi connectivity index (χ4v) is 3.54. The molecule has 0 aliphatic heterocycles. The number of hydrogen-bond donors (Lipinski definition) is 2. The van der Waals surface area contributed by atoms with E-state index >= 15 is 0 Å². The van der Waals surface area contributed by atoms with Crippen LogP contribution in [0.4, 0.5) is 0 Å². The van der Waals surface area contributed by atoms with E-state index in [1.807, 2.05) is 0 Å². The summed E-state index contributed by atoms with van der Waals surface area (Å²) in [5, 5.41) is 11.0. The first-order valence-corrected chi connectivity index (χ1v) is 11.7. The van der Waals surface area contributed by atoms with Gasteiger partial charge in [-0.25, -0.2) is 0 Å². The summed E-state index contributed by atoms with van der Waals surface area (Å²) in [4.78, 5) is 11.2. The van der Waals surface area contributed by atoms with E-state index in [1.54, 1.807) is 0 Å². The van der Waals surface area contributed by atoms with Crippen LogP contribution in [-0.2, 0) is 4.79 Å². The summed E-state index contributed by atoms with van der Waals surface area (Å²) >= 11 is 0. The second-order valence-corrected chi connectivity index (χ2v) is 7.87. The lowest BCUT2D eigenvalue weighted by atomic mass is 10.0. The van der Waals surface area contributed by atoms with E-state index in [1.165, 1.54) is 109 Å². The Morgan fingerprint density at radius 3 is 1.19 bits per heavy atom. The van der Waals surface area contributed by atoms with Crippen LogP contribution in [-0.4, -0.2) is 17.7 Å². The Morgan fingerprint density at radius 2 is 0.885 bits per heavy atom. The third-order valence-corrected chi connectivity index (χ3v) is 5.28. The molecule has 0 heterocycles. The monoisotopic (exact) mass is 369 g/mol. The fourth-order valence-electron chi connectivity index (χ4n) is 3.54. The van der Waals surface area contributed by atoms with Gasteiger partial charge in [0.15, 0.2) is 0 Å². The lowest BCUT2D eigenvalue weighted by Gasteiger charge is -2.04. The van der Waals surface area contributed by atoms with Crippen LogP contribution in [0.2, 0.25) is 0 Å². The second kappa shape index (κ2) is 22.5. The van der Waals surface area contributed by atoms with Gasteiger partial charge in [0.1, 0.15) is 6.73 Å². The van der Waals surface area contributed by atoms with Crippen LogP contribution >= 0.6 is 0 Å². The molecule has 0 saturated heterocycles. The predicted molar refractivity (Wildman–Crippen MR) is 113 cm³/mol. The maximum absolute atomic E-state index is 11.2. The van der Waals surface area contributed by atoms with Crippen molar-refractivity contribution in [3.05, 3.63) is 0 Å². The van der Waals surface area contributed by atoms with Gasteiger partial charge in [0.25, 0.3) is 0 Å². The molecule has 1 amide bonds. The van der Waals surface area contributed by atoms with E-state index in [-0.39, 0.29) is 12.6 Å². The van der Waals surface area contributed by atoms with Gasteiger partial charge in [-0.15, -0.1) is 0 Å². The molecule has 2 N–H and O–H groups in total. The van der Waals surface area contributed by atoms with Gasteiger partial charge in [-0.05, 0) is 6.42 Å². The Morgan fingerprint density at radius 1 is 0.577 bits per heavy atom. The van der Waals surface area contributed by atoms with E-state index in [4.69, 9.17) is 5.11 Å². The number of aliphatic hydroxyl groups excluding tert-OH is 1. The van der Waals surface area contributed by atoms with Gasteiger partial charge < -0.3 is 10.4 Å². The fraction of sp³-hybridized carbons (Fsp3) is 0.957. The molecule has 3 nitrogen and oxygen atoms in total. The summed E-state index contributed by atoms with van der Waals surface area (Å²) in [6, 6.07) is 0. The molecule has 0 fully saturated rings. The van der Waals surface area contributed by atoms with Crippen molar-refractivity contribution in [3.63, 3.8) is 0 Å². The van der Waals surface area contributed by atoms with Gasteiger partial charge in [-0.1, -0.05) is 122 Å². The molecular formula is C23H47NO2. The molecule has 0 radical (unpaired) electrons. The number of aliphatic hydroxyl groups is 1. The maximum atomic E-state index is 11.2. The molecule has 3 heteroatoms. The number of rotatable bonds is 21. The summed E-state index contributed by atoms with van der Waals surface area (Å²) in [6.07, 6.45) is 26.5. The SMILES string of the molecule is CCCCCCCCCCCCCCCCCCCCCC(=O)NCO. The Labute approximate surface area is 163 Å². The minimum absolute atomic E-state index is 0.0283. The van der Waals surface area contributed by atoms with Crippen molar-refractivity contribution in [1.29, 1.82) is 0 Å². The number of hydrogen-bond acceptors (Lipinski definition) is 2. The van der Waals surface area contributed by atoms with Gasteiger partial charge in [0.2, 0.25) is 5.91 Å². The van der Waals surface area contributed by atoms with E-state index in [0.29, 0.717) is 6.42 Å². The van der Waals surface area contributed by atoms with E-state index in [0.717, 1.165) is 12.8 Å². The highest BCUT2D eigenvalue weighted by molar-refractivity contribution is 5.75. The van der Waals surface area contributed by atoms with Crippen molar-refractivity contribution in [3.8, 4) is 0 Å². The van der Waals surface area contributed by atoms with Gasteiger partial charge in [-0.2, -0.15) is 0 Å². The van der Waals surface area contributed by atoms with Crippen molar-refractivity contribution >= 4 is 5.91 Å². The Balaban J connectivity index is 3.02. The summed E-state index contributed by atoms with van der Waals surface area (Å²) in [5.41, 5.74) is 0. The van der Waals surface area contributed by atoms with Crippen molar-refractivity contribution < 1.29 is 9.90 Å². The molecule has 0 aromatic rings. The highest BCUT2D eigenvalue weighted by Gasteiger charge is 1.99. The molecule has 0 aliphatic carbocycles. The zero-order valence-electron chi connectivity index (χ0n) is 17.7. The van der Waals surface area contributed by atoms with Gasteiger partial charge in [-0.3, -0.25) is 4.79 Å². The van der Waals surface area contributed by atoms with Crippen LogP contribution in [0.15, 0.2) is 0 Å². The summed E-state index contributed by atoms with van der Waals surface area (Å²) < 4.78 is 0. The third kappa shape index (κ3) is 21.5. The molecular weight excluding hydrogens is 322 g/mol. The largest absolute Gasteiger partial charge is 0.377 e. The first kappa shape index (κ1) is 25.4. The quantitative estimate of drug-likeness (QED) is 0.171. The topological polar surface area (TPSA) is 49.3 Å². The van der Waals surface area contributed by atoms with Crippen molar-refractivity contribution in [2.75, 3.05) is 6.73 Å². The molecule has 0 spiro atoms.